The first-order chi connectivity index (χ1) is 15.8. The van der Waals surface area contributed by atoms with Gasteiger partial charge in [0.25, 0.3) is 11.8 Å². The molecule has 1 aliphatic heterocycles. The topological polar surface area (TPSA) is 58.6 Å². The van der Waals surface area contributed by atoms with E-state index in [-0.39, 0.29) is 24.1 Å². The number of amides is 2. The van der Waals surface area contributed by atoms with Crippen LogP contribution in [0.4, 0.5) is 5.69 Å². The number of methoxy groups -OCH3 is 1. The molecule has 168 valence electrons. The molecule has 1 aliphatic rings. The predicted molar refractivity (Wildman–Crippen MR) is 131 cm³/mol. The van der Waals surface area contributed by atoms with Gasteiger partial charge in [0, 0.05) is 16.3 Å². The number of nitrogens with one attached hydrogen (secondary N) is 1. The Kier molecular flexibility index (Phi) is 6.25. The van der Waals surface area contributed by atoms with Gasteiger partial charge in [0.1, 0.15) is 11.4 Å². The highest BCUT2D eigenvalue weighted by Crippen LogP contribution is 2.35. The van der Waals surface area contributed by atoms with Crippen molar-refractivity contribution < 1.29 is 14.3 Å². The average molecular weight is 461 g/mol. The summed E-state index contributed by atoms with van der Waals surface area (Å²) >= 11 is 6.20. The zero-order valence-electron chi connectivity index (χ0n) is 19.0. The molecule has 0 spiro atoms. The van der Waals surface area contributed by atoms with Gasteiger partial charge in [0.05, 0.1) is 19.2 Å². The van der Waals surface area contributed by atoms with Gasteiger partial charge in [-0.15, -0.1) is 0 Å². The third kappa shape index (κ3) is 4.37. The third-order valence-corrected chi connectivity index (χ3v) is 6.03. The maximum absolute atomic E-state index is 13.7. The lowest BCUT2D eigenvalue weighted by Gasteiger charge is -2.17. The van der Waals surface area contributed by atoms with E-state index in [4.69, 9.17) is 16.3 Å². The second-order valence-electron chi connectivity index (χ2n) is 8.16. The number of carbonyl (C=O) groups excluding carboxylic acids is 2. The molecule has 2 amide bonds. The number of halogens is 1. The Hall–Kier alpha value is -3.57. The summed E-state index contributed by atoms with van der Waals surface area (Å²) in [6, 6.07) is 18.6. The fourth-order valence-corrected chi connectivity index (χ4v) is 4.22. The highest BCUT2D eigenvalue weighted by molar-refractivity contribution is 6.37. The molecule has 3 aromatic rings. The van der Waals surface area contributed by atoms with Crippen molar-refractivity contribution in [2.45, 2.75) is 27.3 Å². The molecule has 3 aromatic carbocycles. The van der Waals surface area contributed by atoms with Crippen LogP contribution < -0.4 is 10.1 Å². The van der Waals surface area contributed by atoms with E-state index < -0.39 is 0 Å². The van der Waals surface area contributed by atoms with Gasteiger partial charge in [0.2, 0.25) is 0 Å². The molecular weight excluding hydrogens is 436 g/mol. The van der Waals surface area contributed by atoms with E-state index in [0.717, 1.165) is 27.8 Å². The Labute approximate surface area is 198 Å². The van der Waals surface area contributed by atoms with Gasteiger partial charge in [-0.05, 0) is 55.7 Å². The van der Waals surface area contributed by atoms with Crippen LogP contribution in [-0.2, 0) is 16.1 Å². The minimum atomic E-state index is -0.389. The Morgan fingerprint density at radius 3 is 2.39 bits per heavy atom. The number of aryl methyl sites for hydroxylation is 3. The zero-order valence-corrected chi connectivity index (χ0v) is 19.8. The summed E-state index contributed by atoms with van der Waals surface area (Å²) in [7, 11) is 1.57. The van der Waals surface area contributed by atoms with Crippen molar-refractivity contribution >= 4 is 34.7 Å². The lowest BCUT2D eigenvalue weighted by Crippen LogP contribution is -2.32. The number of nitrogens with zero attached hydrogens (tertiary/aromatic N) is 1. The predicted octanol–water partition coefficient (Wildman–Crippen LogP) is 5.67. The molecule has 0 unspecified atom stereocenters. The summed E-state index contributed by atoms with van der Waals surface area (Å²) in [6.45, 7) is 5.97. The van der Waals surface area contributed by atoms with Crippen LogP contribution >= 0.6 is 11.6 Å². The summed E-state index contributed by atoms with van der Waals surface area (Å²) in [6.07, 6.45) is 0. The van der Waals surface area contributed by atoms with Crippen LogP contribution in [0.5, 0.6) is 5.75 Å². The van der Waals surface area contributed by atoms with Crippen molar-refractivity contribution in [3.05, 3.63) is 99.2 Å². The average Bonchev–Trinajstić information content (AvgIpc) is 3.01. The second-order valence-corrected chi connectivity index (χ2v) is 8.60. The van der Waals surface area contributed by atoms with Gasteiger partial charge >= 0.3 is 0 Å². The Morgan fingerprint density at radius 2 is 1.67 bits per heavy atom. The molecule has 5 nitrogen and oxygen atoms in total. The maximum atomic E-state index is 13.7. The monoisotopic (exact) mass is 460 g/mol. The van der Waals surface area contributed by atoms with Crippen molar-refractivity contribution in [3.8, 4) is 5.75 Å². The summed E-state index contributed by atoms with van der Waals surface area (Å²) < 4.78 is 5.43. The van der Waals surface area contributed by atoms with Gasteiger partial charge in [-0.2, -0.15) is 0 Å². The number of hydrogen-bond donors (Lipinski definition) is 1. The van der Waals surface area contributed by atoms with Gasteiger partial charge in [-0.25, -0.2) is 0 Å². The van der Waals surface area contributed by atoms with E-state index in [1.807, 2.05) is 69.3 Å². The Balaban J connectivity index is 1.81. The molecule has 0 radical (unpaired) electrons. The molecule has 6 heteroatoms. The number of para-hydroxylation sites is 1. The molecule has 33 heavy (non-hydrogen) atoms. The smallest absolute Gasteiger partial charge is 0.278 e. The fraction of sp³-hybridized carbons (Fsp3) is 0.185. The number of hydrogen-bond acceptors (Lipinski definition) is 4. The molecular formula is C27H25ClN2O3. The fourth-order valence-electron chi connectivity index (χ4n) is 4.05. The molecule has 0 bridgehead atoms. The summed E-state index contributed by atoms with van der Waals surface area (Å²) in [5.41, 5.74) is 5.67. The normalized spacial score (nSPS) is 13.7. The van der Waals surface area contributed by atoms with Gasteiger partial charge in [-0.1, -0.05) is 59.6 Å². The Morgan fingerprint density at radius 1 is 0.909 bits per heavy atom. The van der Waals surface area contributed by atoms with Crippen molar-refractivity contribution in [1.82, 2.24) is 4.90 Å². The molecule has 0 saturated carbocycles. The van der Waals surface area contributed by atoms with Crippen LogP contribution in [0, 0.1) is 20.8 Å². The van der Waals surface area contributed by atoms with Crippen LogP contribution in [0.1, 0.15) is 27.8 Å². The molecule has 0 aliphatic carbocycles. The van der Waals surface area contributed by atoms with E-state index in [2.05, 4.69) is 5.32 Å². The highest BCUT2D eigenvalue weighted by Gasteiger charge is 2.40. The van der Waals surface area contributed by atoms with Crippen LogP contribution in [0.25, 0.3) is 5.57 Å². The molecule has 0 atom stereocenters. The first kappa shape index (κ1) is 22.6. The number of benzene rings is 3. The van der Waals surface area contributed by atoms with Crippen LogP contribution in [0.15, 0.2) is 66.4 Å². The Bertz CT molecular complexity index is 1300. The van der Waals surface area contributed by atoms with E-state index in [0.29, 0.717) is 22.0 Å². The number of anilines is 1. The quantitative estimate of drug-likeness (QED) is 0.482. The minimum absolute atomic E-state index is 0.107. The molecule has 4 rings (SSSR count). The van der Waals surface area contributed by atoms with Gasteiger partial charge in [-0.3, -0.25) is 14.5 Å². The van der Waals surface area contributed by atoms with Crippen molar-refractivity contribution in [3.63, 3.8) is 0 Å². The van der Waals surface area contributed by atoms with Crippen molar-refractivity contribution in [2.24, 2.45) is 0 Å². The summed E-state index contributed by atoms with van der Waals surface area (Å²) in [5.74, 6) is -0.112. The highest BCUT2D eigenvalue weighted by atomic mass is 35.5. The van der Waals surface area contributed by atoms with E-state index in [1.54, 1.807) is 19.2 Å². The second kappa shape index (κ2) is 9.12. The third-order valence-electron chi connectivity index (χ3n) is 5.80. The first-order valence-corrected chi connectivity index (χ1v) is 11.0. The molecule has 1 N–H and O–H groups in total. The van der Waals surface area contributed by atoms with Gasteiger partial charge < -0.3 is 10.1 Å². The van der Waals surface area contributed by atoms with E-state index in [9.17, 15) is 9.59 Å². The number of imide groups is 1. The first-order valence-electron chi connectivity index (χ1n) is 10.6. The van der Waals surface area contributed by atoms with Crippen molar-refractivity contribution in [1.29, 1.82) is 0 Å². The molecule has 0 fully saturated rings. The SMILES string of the molecule is COc1ccccc1CN1C(=O)C(Nc2cc(Cl)ccc2C)=C(c2ccc(C)cc2C)C1=O. The lowest BCUT2D eigenvalue weighted by molar-refractivity contribution is -0.137. The van der Waals surface area contributed by atoms with E-state index >= 15 is 0 Å². The number of ether oxygens (including phenoxy) is 1. The molecule has 0 aromatic heterocycles. The van der Waals surface area contributed by atoms with Crippen LogP contribution in [0.3, 0.4) is 0 Å². The van der Waals surface area contributed by atoms with Crippen LogP contribution in [0.2, 0.25) is 5.02 Å². The van der Waals surface area contributed by atoms with Crippen molar-refractivity contribution in [2.75, 3.05) is 12.4 Å². The van der Waals surface area contributed by atoms with Gasteiger partial charge in [0.15, 0.2) is 0 Å². The largest absolute Gasteiger partial charge is 0.496 e. The zero-order chi connectivity index (χ0) is 23.7. The lowest BCUT2D eigenvalue weighted by atomic mass is 9.97. The van der Waals surface area contributed by atoms with Crippen LogP contribution in [-0.4, -0.2) is 23.8 Å². The minimum Gasteiger partial charge on any atom is -0.496 e. The molecule has 0 saturated heterocycles. The summed E-state index contributed by atoms with van der Waals surface area (Å²) in [4.78, 5) is 28.5. The standard InChI is InChI=1S/C27H25ClN2O3/c1-16-9-12-21(18(3)13-16)24-25(29-22-14-20(28)11-10-17(22)2)27(32)30(26(24)31)15-19-7-5-6-8-23(19)33-4/h5-14,29H,15H2,1-4H3. The van der Waals surface area contributed by atoms with E-state index in [1.165, 1.54) is 4.90 Å². The maximum Gasteiger partial charge on any atom is 0.278 e. The number of carbonyl (C=O) groups is 2. The number of rotatable bonds is 6. The molecule has 1 heterocycles. The summed E-state index contributed by atoms with van der Waals surface area (Å²) in [5, 5.41) is 3.76.